The Labute approximate surface area is 82.6 Å². The van der Waals surface area contributed by atoms with Crippen molar-refractivity contribution in [3.63, 3.8) is 0 Å². The number of hydrogen-bond acceptors (Lipinski definition) is 2. The number of hydrogen-bond donors (Lipinski definition) is 0. The van der Waals surface area contributed by atoms with Crippen molar-refractivity contribution in [2.75, 3.05) is 0 Å². The fraction of sp³-hybridized carbons (Fsp3) is 0.0833. The molecule has 0 aliphatic heterocycles. The van der Waals surface area contributed by atoms with E-state index < -0.39 is 0 Å². The molecule has 2 nitrogen and oxygen atoms in total. The van der Waals surface area contributed by atoms with Crippen LogP contribution in [0.15, 0.2) is 40.3 Å². The second-order valence-corrected chi connectivity index (χ2v) is 2.91. The van der Waals surface area contributed by atoms with Crippen molar-refractivity contribution in [1.82, 2.24) is 0 Å². The molecule has 1 heterocycles. The first kappa shape index (κ1) is 8.75. The summed E-state index contributed by atoms with van der Waals surface area (Å²) in [6.45, 7) is 5.62. The van der Waals surface area contributed by atoms with Gasteiger partial charge in [0.25, 0.3) is 0 Å². The second-order valence-electron chi connectivity index (χ2n) is 2.91. The van der Waals surface area contributed by atoms with Crippen LogP contribution >= 0.6 is 0 Å². The van der Waals surface area contributed by atoms with Crippen LogP contribution in [0.1, 0.15) is 12.5 Å². The zero-order valence-electron chi connectivity index (χ0n) is 8.03. The van der Waals surface area contributed by atoms with Crippen LogP contribution in [0.2, 0.25) is 0 Å². The van der Waals surface area contributed by atoms with E-state index in [2.05, 4.69) is 11.6 Å². The highest BCUT2D eigenvalue weighted by molar-refractivity contribution is 5.92. The summed E-state index contributed by atoms with van der Waals surface area (Å²) in [5.74, 6) is 0.628. The van der Waals surface area contributed by atoms with Crippen LogP contribution in [-0.2, 0) is 0 Å². The lowest BCUT2D eigenvalue weighted by atomic mass is 10.1. The Morgan fingerprint density at radius 3 is 2.86 bits per heavy atom. The Morgan fingerprint density at radius 1 is 1.36 bits per heavy atom. The van der Waals surface area contributed by atoms with Crippen LogP contribution in [0, 0.1) is 0 Å². The Kier molecular flexibility index (Phi) is 2.19. The van der Waals surface area contributed by atoms with Crippen LogP contribution in [0.4, 0.5) is 5.88 Å². The first-order valence-electron chi connectivity index (χ1n) is 4.49. The van der Waals surface area contributed by atoms with Crippen LogP contribution in [0.5, 0.6) is 0 Å². The first-order valence-corrected chi connectivity index (χ1v) is 4.49. The van der Waals surface area contributed by atoms with Crippen molar-refractivity contribution in [3.05, 3.63) is 36.4 Å². The molecular formula is C12H11NO. The van der Waals surface area contributed by atoms with Crippen molar-refractivity contribution < 1.29 is 4.42 Å². The number of fused-ring (bicyclic) bond motifs is 1. The topological polar surface area (TPSA) is 25.5 Å². The summed E-state index contributed by atoms with van der Waals surface area (Å²) >= 11 is 0. The highest BCUT2D eigenvalue weighted by atomic mass is 16.3. The van der Waals surface area contributed by atoms with Gasteiger partial charge < -0.3 is 4.42 Å². The van der Waals surface area contributed by atoms with Gasteiger partial charge in [0, 0.05) is 17.2 Å². The van der Waals surface area contributed by atoms with E-state index in [1.165, 1.54) is 0 Å². The highest BCUT2D eigenvalue weighted by Crippen LogP contribution is 2.32. The molecule has 0 spiro atoms. The Hall–Kier alpha value is -1.83. The van der Waals surface area contributed by atoms with E-state index in [4.69, 9.17) is 4.42 Å². The lowest BCUT2D eigenvalue weighted by molar-refractivity contribution is 0.625. The van der Waals surface area contributed by atoms with E-state index in [0.29, 0.717) is 5.88 Å². The van der Waals surface area contributed by atoms with E-state index in [9.17, 15) is 0 Å². The molecule has 1 aromatic heterocycles. The van der Waals surface area contributed by atoms with Gasteiger partial charge in [-0.25, -0.2) is 4.99 Å². The molecule has 14 heavy (non-hydrogen) atoms. The molecule has 0 saturated carbocycles. The number of rotatable bonds is 2. The Morgan fingerprint density at radius 2 is 2.14 bits per heavy atom. The molecule has 0 aliphatic carbocycles. The minimum Gasteiger partial charge on any atom is -0.438 e. The minimum absolute atomic E-state index is 0.628. The average Bonchev–Trinajstić information content (AvgIpc) is 2.55. The van der Waals surface area contributed by atoms with Crippen LogP contribution in [0.25, 0.3) is 17.0 Å². The first-order chi connectivity index (χ1) is 6.86. The van der Waals surface area contributed by atoms with Gasteiger partial charge in [-0.05, 0) is 13.0 Å². The monoisotopic (exact) mass is 185 g/mol. The molecule has 0 fully saturated rings. The van der Waals surface area contributed by atoms with Gasteiger partial charge in [0.1, 0.15) is 5.58 Å². The van der Waals surface area contributed by atoms with E-state index >= 15 is 0 Å². The fourth-order valence-electron chi connectivity index (χ4n) is 1.46. The number of benzene rings is 1. The quantitative estimate of drug-likeness (QED) is 0.653. The van der Waals surface area contributed by atoms with E-state index in [1.54, 1.807) is 12.3 Å². The minimum atomic E-state index is 0.628. The van der Waals surface area contributed by atoms with Crippen molar-refractivity contribution in [2.45, 2.75) is 6.92 Å². The third kappa shape index (κ3) is 1.25. The molecule has 0 radical (unpaired) electrons. The molecular weight excluding hydrogens is 174 g/mol. The maximum absolute atomic E-state index is 5.56. The molecule has 0 aliphatic rings. The standard InChI is InChI=1S/C12H11NO/c1-3-9-10-7-5-6-8-11(10)14-12(9)13-4-2/h3-8H,1H2,2H3/b13-4-. The van der Waals surface area contributed by atoms with Gasteiger partial charge in [0.05, 0.1) is 0 Å². The predicted molar refractivity (Wildman–Crippen MR) is 60.1 cm³/mol. The third-order valence-corrected chi connectivity index (χ3v) is 2.06. The highest BCUT2D eigenvalue weighted by Gasteiger charge is 2.08. The van der Waals surface area contributed by atoms with Crippen molar-refractivity contribution in [2.24, 2.45) is 4.99 Å². The zero-order chi connectivity index (χ0) is 9.97. The zero-order valence-corrected chi connectivity index (χ0v) is 8.03. The Balaban J connectivity index is 2.78. The van der Waals surface area contributed by atoms with Crippen molar-refractivity contribution in [1.29, 1.82) is 0 Å². The molecule has 70 valence electrons. The number of furan rings is 1. The second kappa shape index (κ2) is 3.50. The smallest absolute Gasteiger partial charge is 0.226 e. The van der Waals surface area contributed by atoms with E-state index in [1.807, 2.05) is 31.2 Å². The summed E-state index contributed by atoms with van der Waals surface area (Å²) in [6, 6.07) is 7.85. The predicted octanol–water partition coefficient (Wildman–Crippen LogP) is 3.80. The molecule has 2 rings (SSSR count). The summed E-state index contributed by atoms with van der Waals surface area (Å²) in [6.07, 6.45) is 3.48. The molecule has 0 unspecified atom stereocenters. The van der Waals surface area contributed by atoms with Gasteiger partial charge in [-0.1, -0.05) is 30.9 Å². The maximum Gasteiger partial charge on any atom is 0.226 e. The molecule has 0 atom stereocenters. The summed E-state index contributed by atoms with van der Waals surface area (Å²) in [5.41, 5.74) is 1.81. The number of para-hydroxylation sites is 1. The summed E-state index contributed by atoms with van der Waals surface area (Å²) < 4.78 is 5.56. The number of aliphatic imine (C=N–C) groups is 1. The third-order valence-electron chi connectivity index (χ3n) is 2.06. The van der Waals surface area contributed by atoms with Crippen LogP contribution < -0.4 is 0 Å². The van der Waals surface area contributed by atoms with Crippen molar-refractivity contribution in [3.8, 4) is 0 Å². The van der Waals surface area contributed by atoms with Gasteiger partial charge in [0.2, 0.25) is 5.88 Å². The van der Waals surface area contributed by atoms with E-state index in [-0.39, 0.29) is 0 Å². The molecule has 0 saturated heterocycles. The van der Waals surface area contributed by atoms with Gasteiger partial charge in [-0.15, -0.1) is 0 Å². The summed E-state index contributed by atoms with van der Waals surface area (Å²) in [4.78, 5) is 4.15. The SMILES string of the molecule is C=Cc1c(/N=C\C)oc2ccccc12. The molecule has 0 N–H and O–H groups in total. The van der Waals surface area contributed by atoms with Gasteiger partial charge in [0.15, 0.2) is 0 Å². The molecule has 2 heteroatoms. The largest absolute Gasteiger partial charge is 0.438 e. The molecule has 0 bridgehead atoms. The van der Waals surface area contributed by atoms with Gasteiger partial charge >= 0.3 is 0 Å². The average molecular weight is 185 g/mol. The van der Waals surface area contributed by atoms with Crippen LogP contribution in [-0.4, -0.2) is 6.21 Å². The van der Waals surface area contributed by atoms with E-state index in [0.717, 1.165) is 16.5 Å². The van der Waals surface area contributed by atoms with Gasteiger partial charge in [-0.3, -0.25) is 0 Å². The lowest BCUT2D eigenvalue weighted by Crippen LogP contribution is -1.67. The Bertz CT molecular complexity index is 494. The fourth-order valence-corrected chi connectivity index (χ4v) is 1.46. The van der Waals surface area contributed by atoms with Crippen LogP contribution in [0.3, 0.4) is 0 Å². The van der Waals surface area contributed by atoms with Crippen molar-refractivity contribution >= 4 is 29.1 Å². The maximum atomic E-state index is 5.56. The summed E-state index contributed by atoms with van der Waals surface area (Å²) in [5, 5.41) is 1.06. The molecule has 0 amide bonds. The van der Waals surface area contributed by atoms with Gasteiger partial charge in [-0.2, -0.15) is 0 Å². The lowest BCUT2D eigenvalue weighted by Gasteiger charge is -1.88. The molecule has 1 aromatic carbocycles. The molecule has 2 aromatic rings. The number of nitrogens with zero attached hydrogens (tertiary/aromatic N) is 1. The summed E-state index contributed by atoms with van der Waals surface area (Å²) in [7, 11) is 0. The normalized spacial score (nSPS) is 11.2.